The number of carbonyl (C=O) groups excluding carboxylic acids is 1. The minimum Gasteiger partial charge on any atom is -0.333 e. The van der Waals surface area contributed by atoms with E-state index in [0.29, 0.717) is 10.6 Å². The highest BCUT2D eigenvalue weighted by Gasteiger charge is 2.30. The lowest BCUT2D eigenvalue weighted by Gasteiger charge is -2.39. The van der Waals surface area contributed by atoms with Crippen LogP contribution in [0.25, 0.3) is 0 Å². The Morgan fingerprint density at radius 1 is 1.33 bits per heavy atom. The van der Waals surface area contributed by atoms with Crippen molar-refractivity contribution in [1.82, 2.24) is 4.90 Å². The second-order valence-corrected chi connectivity index (χ2v) is 6.29. The van der Waals surface area contributed by atoms with Crippen molar-refractivity contribution in [3.8, 4) is 0 Å². The molecule has 0 bridgehead atoms. The fourth-order valence-corrected chi connectivity index (χ4v) is 3.18. The molecule has 2 atom stereocenters. The number of likely N-dealkylation sites (tertiary alicyclic amines) is 1. The third-order valence-corrected chi connectivity index (χ3v) is 4.41. The second kappa shape index (κ2) is 5.62. The lowest BCUT2D eigenvalue weighted by atomic mass is 9.96. The second-order valence-electron chi connectivity index (χ2n) is 4.97. The Morgan fingerprint density at radius 2 is 1.94 bits per heavy atom. The Kier molecular flexibility index (Phi) is 4.33. The zero-order valence-corrected chi connectivity index (χ0v) is 13.0. The molecule has 0 spiro atoms. The summed E-state index contributed by atoms with van der Waals surface area (Å²) in [4.78, 5) is 14.6. The smallest absolute Gasteiger partial charge is 0.255 e. The molecule has 2 nitrogen and oxygen atoms in total. The average Bonchev–Trinajstić information content (AvgIpc) is 2.32. The van der Waals surface area contributed by atoms with E-state index in [-0.39, 0.29) is 18.0 Å². The van der Waals surface area contributed by atoms with Crippen LogP contribution in [0.5, 0.6) is 0 Å². The normalized spacial score (nSPS) is 24.1. The summed E-state index contributed by atoms with van der Waals surface area (Å²) >= 11 is 9.53. The van der Waals surface area contributed by atoms with Gasteiger partial charge >= 0.3 is 0 Å². The van der Waals surface area contributed by atoms with Crippen LogP contribution in [0.4, 0.5) is 0 Å². The molecule has 0 unspecified atom stereocenters. The summed E-state index contributed by atoms with van der Waals surface area (Å²) in [6.07, 6.45) is 3.34. The van der Waals surface area contributed by atoms with Crippen LogP contribution in [-0.4, -0.2) is 22.9 Å². The first-order valence-electron chi connectivity index (χ1n) is 6.28. The highest BCUT2D eigenvalue weighted by atomic mass is 79.9. The van der Waals surface area contributed by atoms with Crippen LogP contribution in [0.3, 0.4) is 0 Å². The maximum absolute atomic E-state index is 12.6. The third-order valence-electron chi connectivity index (χ3n) is 3.59. The number of hydrogen-bond acceptors (Lipinski definition) is 1. The molecule has 4 heteroatoms. The zero-order valence-electron chi connectivity index (χ0n) is 10.6. The Bertz CT molecular complexity index is 453. The number of rotatable bonds is 1. The van der Waals surface area contributed by atoms with Crippen molar-refractivity contribution in [3.63, 3.8) is 0 Å². The molecule has 18 heavy (non-hydrogen) atoms. The molecular weight excluding hydrogens is 314 g/mol. The molecule has 0 aliphatic carbocycles. The van der Waals surface area contributed by atoms with Gasteiger partial charge in [-0.1, -0.05) is 27.5 Å². The molecule has 1 saturated heterocycles. The maximum Gasteiger partial charge on any atom is 0.255 e. The third kappa shape index (κ3) is 2.72. The fourth-order valence-electron chi connectivity index (χ4n) is 2.62. The molecule has 0 N–H and O–H groups in total. The number of hydrogen-bond donors (Lipinski definition) is 0. The van der Waals surface area contributed by atoms with Crippen molar-refractivity contribution >= 4 is 33.4 Å². The van der Waals surface area contributed by atoms with Crippen LogP contribution in [0.2, 0.25) is 5.02 Å². The molecule has 1 amide bonds. The van der Waals surface area contributed by atoms with Gasteiger partial charge in [0.1, 0.15) is 0 Å². The zero-order chi connectivity index (χ0) is 13.3. The van der Waals surface area contributed by atoms with E-state index in [1.807, 2.05) is 11.0 Å². The lowest BCUT2D eigenvalue weighted by molar-refractivity contribution is 0.0511. The van der Waals surface area contributed by atoms with E-state index in [1.54, 1.807) is 12.1 Å². The summed E-state index contributed by atoms with van der Waals surface area (Å²) in [5, 5.41) is 0.521. The molecule has 2 rings (SSSR count). The first-order chi connectivity index (χ1) is 8.50. The Balaban J connectivity index is 2.32. The van der Waals surface area contributed by atoms with Crippen LogP contribution < -0.4 is 0 Å². The van der Waals surface area contributed by atoms with E-state index in [9.17, 15) is 4.79 Å². The topological polar surface area (TPSA) is 20.3 Å². The number of benzene rings is 1. The van der Waals surface area contributed by atoms with Gasteiger partial charge in [0.05, 0.1) is 10.6 Å². The Morgan fingerprint density at radius 3 is 2.56 bits per heavy atom. The highest BCUT2D eigenvalue weighted by Crippen LogP contribution is 2.28. The minimum atomic E-state index is 0.0426. The van der Waals surface area contributed by atoms with Gasteiger partial charge in [-0.25, -0.2) is 0 Å². The van der Waals surface area contributed by atoms with Crippen molar-refractivity contribution in [3.05, 3.63) is 33.3 Å². The van der Waals surface area contributed by atoms with E-state index >= 15 is 0 Å². The molecular formula is C14H17BrClNO. The van der Waals surface area contributed by atoms with Crippen LogP contribution >= 0.6 is 27.5 Å². The predicted molar refractivity (Wildman–Crippen MR) is 78.1 cm³/mol. The molecule has 0 saturated carbocycles. The van der Waals surface area contributed by atoms with Crippen LogP contribution in [-0.2, 0) is 0 Å². The van der Waals surface area contributed by atoms with E-state index < -0.39 is 0 Å². The van der Waals surface area contributed by atoms with Crippen LogP contribution in [0.15, 0.2) is 22.7 Å². The molecule has 98 valence electrons. The molecule has 1 heterocycles. The van der Waals surface area contributed by atoms with Crippen molar-refractivity contribution in [2.45, 2.75) is 45.2 Å². The SMILES string of the molecule is C[C@@H]1CCC[C@H](C)N1C(=O)c1cc(Br)ccc1Cl. The van der Waals surface area contributed by atoms with Gasteiger partial charge in [0.25, 0.3) is 5.91 Å². The Hall–Kier alpha value is -0.540. The first kappa shape index (κ1) is 13.9. The summed E-state index contributed by atoms with van der Waals surface area (Å²) in [5.41, 5.74) is 0.589. The molecule has 0 radical (unpaired) electrons. The number of amides is 1. The minimum absolute atomic E-state index is 0.0426. The van der Waals surface area contributed by atoms with Gasteiger partial charge in [0, 0.05) is 16.6 Å². The fraction of sp³-hybridized carbons (Fsp3) is 0.500. The van der Waals surface area contributed by atoms with Gasteiger partial charge in [0.2, 0.25) is 0 Å². The van der Waals surface area contributed by atoms with Crippen molar-refractivity contribution < 1.29 is 4.79 Å². The van der Waals surface area contributed by atoms with Gasteiger partial charge in [0.15, 0.2) is 0 Å². The summed E-state index contributed by atoms with van der Waals surface area (Å²) in [5.74, 6) is 0.0426. The largest absolute Gasteiger partial charge is 0.333 e. The number of halogens is 2. The highest BCUT2D eigenvalue weighted by molar-refractivity contribution is 9.10. The van der Waals surface area contributed by atoms with E-state index in [1.165, 1.54) is 6.42 Å². The molecule has 0 aromatic heterocycles. The van der Waals surface area contributed by atoms with Gasteiger partial charge < -0.3 is 4.90 Å². The first-order valence-corrected chi connectivity index (χ1v) is 7.45. The van der Waals surface area contributed by atoms with Gasteiger partial charge in [-0.05, 0) is 51.3 Å². The monoisotopic (exact) mass is 329 g/mol. The Labute approximate surface area is 121 Å². The molecule has 1 aromatic carbocycles. The summed E-state index contributed by atoms with van der Waals surface area (Å²) < 4.78 is 0.882. The van der Waals surface area contributed by atoms with E-state index in [4.69, 9.17) is 11.6 Å². The molecule has 1 aromatic rings. The lowest BCUT2D eigenvalue weighted by Crippen LogP contribution is -2.47. The maximum atomic E-state index is 12.6. The van der Waals surface area contributed by atoms with Crippen LogP contribution in [0, 0.1) is 0 Å². The standard InChI is InChI=1S/C14H17BrClNO/c1-9-4-3-5-10(2)17(9)14(18)12-8-11(15)6-7-13(12)16/h6-10H,3-5H2,1-2H3/t9-,10+. The van der Waals surface area contributed by atoms with Crippen molar-refractivity contribution in [2.24, 2.45) is 0 Å². The van der Waals surface area contributed by atoms with E-state index in [0.717, 1.165) is 17.3 Å². The summed E-state index contributed by atoms with van der Waals surface area (Å²) in [7, 11) is 0. The number of piperidine rings is 1. The average molecular weight is 331 g/mol. The van der Waals surface area contributed by atoms with Gasteiger partial charge in [-0.2, -0.15) is 0 Å². The quantitative estimate of drug-likeness (QED) is 0.742. The predicted octanol–water partition coefficient (Wildman–Crippen LogP) is 4.51. The van der Waals surface area contributed by atoms with Crippen molar-refractivity contribution in [1.29, 1.82) is 0 Å². The van der Waals surface area contributed by atoms with Gasteiger partial charge in [-0.3, -0.25) is 4.79 Å². The summed E-state index contributed by atoms with van der Waals surface area (Å²) in [6.45, 7) is 4.22. The summed E-state index contributed by atoms with van der Waals surface area (Å²) in [6, 6.07) is 5.99. The van der Waals surface area contributed by atoms with Crippen LogP contribution in [0.1, 0.15) is 43.5 Å². The molecule has 1 aliphatic heterocycles. The van der Waals surface area contributed by atoms with Gasteiger partial charge in [-0.15, -0.1) is 0 Å². The van der Waals surface area contributed by atoms with E-state index in [2.05, 4.69) is 29.8 Å². The van der Waals surface area contributed by atoms with Crippen molar-refractivity contribution in [2.75, 3.05) is 0 Å². The molecule has 1 fully saturated rings. The number of nitrogens with zero attached hydrogens (tertiary/aromatic N) is 1. The number of carbonyl (C=O) groups is 1. The molecule has 1 aliphatic rings.